The third-order valence-corrected chi connectivity index (χ3v) is 5.91. The van der Waals surface area contributed by atoms with Crippen LogP contribution in [0.1, 0.15) is 56.9 Å². The lowest BCUT2D eigenvalue weighted by atomic mass is 9.81. The molecule has 3 aromatic carbocycles. The molecule has 0 saturated heterocycles. The molecule has 0 heterocycles. The summed E-state index contributed by atoms with van der Waals surface area (Å²) in [5.41, 5.74) is 3.67. The molecule has 1 N–H and O–H groups in total. The van der Waals surface area contributed by atoms with Gasteiger partial charge in [0.05, 0.1) is 13.2 Å². The van der Waals surface area contributed by atoms with Crippen LogP contribution in [0.15, 0.2) is 60.7 Å². The number of aliphatic carboxylic acids is 1. The Hall–Kier alpha value is -3.38. The molecule has 5 nitrogen and oxygen atoms in total. The molecule has 192 valence electrons. The van der Waals surface area contributed by atoms with E-state index in [1.807, 2.05) is 49.4 Å². The van der Waals surface area contributed by atoms with Crippen molar-refractivity contribution in [1.29, 1.82) is 0 Å². The number of hydrogen-bond donors (Lipinski definition) is 1. The molecule has 0 spiro atoms. The summed E-state index contributed by atoms with van der Waals surface area (Å²) < 4.78 is 32.6. The predicted octanol–water partition coefficient (Wildman–Crippen LogP) is 7.22. The number of carbonyl (C=O) groups is 1. The highest BCUT2D eigenvalue weighted by molar-refractivity contribution is 5.70. The van der Waals surface area contributed by atoms with Crippen LogP contribution in [0.25, 0.3) is 11.1 Å². The summed E-state index contributed by atoms with van der Waals surface area (Å²) in [6.07, 6.45) is 0.238. The zero-order chi connectivity index (χ0) is 26.3. The second kappa shape index (κ2) is 12.0. The Balaban J connectivity index is 1.97. The SMILES string of the molecule is CCOC(c1cc(COc2cccc(CCC(=O)O)c2)ccc1-c1cc(OC)ccc1F)C(C)(C)C. The van der Waals surface area contributed by atoms with E-state index in [2.05, 4.69) is 20.8 Å². The lowest BCUT2D eigenvalue weighted by Crippen LogP contribution is -2.22. The molecule has 0 saturated carbocycles. The van der Waals surface area contributed by atoms with E-state index >= 15 is 0 Å². The van der Waals surface area contributed by atoms with Gasteiger partial charge in [0.25, 0.3) is 0 Å². The molecule has 3 rings (SSSR count). The lowest BCUT2D eigenvalue weighted by Gasteiger charge is -2.33. The van der Waals surface area contributed by atoms with Crippen molar-refractivity contribution < 1.29 is 28.5 Å². The van der Waals surface area contributed by atoms with Gasteiger partial charge in [-0.1, -0.05) is 45.0 Å². The number of carboxylic acid groups (broad SMARTS) is 1. The number of methoxy groups -OCH3 is 1. The van der Waals surface area contributed by atoms with Crippen LogP contribution >= 0.6 is 0 Å². The maximum Gasteiger partial charge on any atom is 0.303 e. The van der Waals surface area contributed by atoms with Gasteiger partial charge in [0.2, 0.25) is 0 Å². The van der Waals surface area contributed by atoms with Crippen molar-refractivity contribution in [2.75, 3.05) is 13.7 Å². The van der Waals surface area contributed by atoms with Crippen LogP contribution in [0.5, 0.6) is 11.5 Å². The fraction of sp³-hybridized carbons (Fsp3) is 0.367. The van der Waals surface area contributed by atoms with Crippen LogP contribution in [0.4, 0.5) is 4.39 Å². The third kappa shape index (κ3) is 7.08. The zero-order valence-corrected chi connectivity index (χ0v) is 21.6. The molecule has 0 aliphatic rings. The molecular weight excluding hydrogens is 459 g/mol. The minimum atomic E-state index is -0.830. The average Bonchev–Trinajstić information content (AvgIpc) is 2.84. The van der Waals surface area contributed by atoms with E-state index in [-0.39, 0.29) is 23.8 Å². The predicted molar refractivity (Wildman–Crippen MR) is 139 cm³/mol. The van der Waals surface area contributed by atoms with Crippen molar-refractivity contribution in [2.24, 2.45) is 5.41 Å². The summed E-state index contributed by atoms with van der Waals surface area (Å²) >= 11 is 0. The van der Waals surface area contributed by atoms with E-state index < -0.39 is 5.97 Å². The van der Waals surface area contributed by atoms with Crippen molar-refractivity contribution in [2.45, 2.75) is 53.2 Å². The highest BCUT2D eigenvalue weighted by Gasteiger charge is 2.30. The van der Waals surface area contributed by atoms with Crippen LogP contribution in [0, 0.1) is 11.2 Å². The normalized spacial score (nSPS) is 12.3. The first-order valence-corrected chi connectivity index (χ1v) is 12.1. The fourth-order valence-electron chi connectivity index (χ4n) is 4.18. The van der Waals surface area contributed by atoms with E-state index in [1.165, 1.54) is 6.07 Å². The van der Waals surface area contributed by atoms with E-state index in [0.29, 0.717) is 36.7 Å². The topological polar surface area (TPSA) is 65.0 Å². The molecule has 36 heavy (non-hydrogen) atoms. The zero-order valence-electron chi connectivity index (χ0n) is 21.6. The molecular formula is C30H35FO5. The molecule has 0 fully saturated rings. The summed E-state index contributed by atoms with van der Waals surface area (Å²) in [5.74, 6) is 0.0864. The average molecular weight is 495 g/mol. The van der Waals surface area contributed by atoms with E-state index in [0.717, 1.165) is 22.3 Å². The number of rotatable bonds is 11. The number of benzene rings is 3. The highest BCUT2D eigenvalue weighted by Crippen LogP contribution is 2.42. The van der Waals surface area contributed by atoms with Crippen molar-refractivity contribution >= 4 is 5.97 Å². The maximum absolute atomic E-state index is 15.0. The quantitative estimate of drug-likeness (QED) is 0.305. The second-order valence-corrected chi connectivity index (χ2v) is 9.80. The van der Waals surface area contributed by atoms with Gasteiger partial charge in [-0.3, -0.25) is 4.79 Å². The van der Waals surface area contributed by atoms with Gasteiger partial charge in [0.15, 0.2) is 0 Å². The Morgan fingerprint density at radius 3 is 2.42 bits per heavy atom. The molecule has 1 unspecified atom stereocenters. The van der Waals surface area contributed by atoms with Gasteiger partial charge in [-0.05, 0) is 77.4 Å². The molecule has 6 heteroatoms. The molecule has 0 amide bonds. The summed E-state index contributed by atoms with van der Waals surface area (Å²) in [7, 11) is 1.56. The molecule has 0 bridgehead atoms. The summed E-state index contributed by atoms with van der Waals surface area (Å²) in [4.78, 5) is 10.9. The smallest absolute Gasteiger partial charge is 0.303 e. The Kier molecular flexibility index (Phi) is 9.10. The number of ether oxygens (including phenoxy) is 3. The molecule has 0 aliphatic carbocycles. The first kappa shape index (κ1) is 27.2. The van der Waals surface area contributed by atoms with Gasteiger partial charge in [-0.15, -0.1) is 0 Å². The van der Waals surface area contributed by atoms with E-state index in [9.17, 15) is 9.18 Å². The minimum absolute atomic E-state index is 0.0702. The first-order chi connectivity index (χ1) is 17.1. The fourth-order valence-corrected chi connectivity index (χ4v) is 4.18. The standard InChI is InChI=1S/C30H35FO5/c1-6-35-29(30(2,3)4)26-17-21(10-13-24(26)25-18-22(34-5)12-14-27(25)31)19-36-23-9-7-8-20(16-23)11-15-28(32)33/h7-10,12-14,16-18,29H,6,11,15,19H2,1-5H3,(H,32,33). The van der Waals surface area contributed by atoms with Gasteiger partial charge in [0.1, 0.15) is 23.9 Å². The molecule has 0 radical (unpaired) electrons. The lowest BCUT2D eigenvalue weighted by molar-refractivity contribution is -0.136. The van der Waals surface area contributed by atoms with Gasteiger partial charge >= 0.3 is 5.97 Å². The molecule has 0 aliphatic heterocycles. The molecule has 1 atom stereocenters. The van der Waals surface area contributed by atoms with Crippen molar-refractivity contribution in [3.05, 3.63) is 83.2 Å². The van der Waals surface area contributed by atoms with Crippen LogP contribution in [-0.4, -0.2) is 24.8 Å². The van der Waals surface area contributed by atoms with Crippen molar-refractivity contribution in [3.63, 3.8) is 0 Å². The molecule has 3 aromatic rings. The summed E-state index contributed by atoms with van der Waals surface area (Å²) in [6, 6.07) is 18.1. The van der Waals surface area contributed by atoms with Crippen LogP contribution in [-0.2, 0) is 22.6 Å². The van der Waals surface area contributed by atoms with Crippen LogP contribution < -0.4 is 9.47 Å². The van der Waals surface area contributed by atoms with Gasteiger partial charge < -0.3 is 19.3 Å². The number of aryl methyl sites for hydroxylation is 1. The first-order valence-electron chi connectivity index (χ1n) is 12.1. The minimum Gasteiger partial charge on any atom is -0.497 e. The highest BCUT2D eigenvalue weighted by atomic mass is 19.1. The Bertz CT molecular complexity index is 1180. The van der Waals surface area contributed by atoms with Gasteiger partial charge in [-0.25, -0.2) is 4.39 Å². The monoisotopic (exact) mass is 494 g/mol. The third-order valence-electron chi connectivity index (χ3n) is 5.91. The second-order valence-electron chi connectivity index (χ2n) is 9.80. The Morgan fingerprint density at radius 1 is 0.972 bits per heavy atom. The summed E-state index contributed by atoms with van der Waals surface area (Å²) in [6.45, 7) is 9.08. The number of carboxylic acids is 1. The molecule has 0 aromatic heterocycles. The van der Waals surface area contributed by atoms with E-state index in [1.54, 1.807) is 19.2 Å². The Morgan fingerprint density at radius 2 is 1.75 bits per heavy atom. The van der Waals surface area contributed by atoms with Crippen molar-refractivity contribution in [3.8, 4) is 22.6 Å². The largest absolute Gasteiger partial charge is 0.497 e. The van der Waals surface area contributed by atoms with Gasteiger partial charge in [-0.2, -0.15) is 0 Å². The number of hydrogen-bond acceptors (Lipinski definition) is 4. The van der Waals surface area contributed by atoms with Gasteiger partial charge in [0, 0.05) is 18.6 Å². The summed E-state index contributed by atoms with van der Waals surface area (Å²) in [5, 5.41) is 8.94. The van der Waals surface area contributed by atoms with Crippen LogP contribution in [0.2, 0.25) is 0 Å². The maximum atomic E-state index is 15.0. The Labute approximate surface area is 212 Å². The van der Waals surface area contributed by atoms with Crippen molar-refractivity contribution in [1.82, 2.24) is 0 Å². The number of halogens is 1. The van der Waals surface area contributed by atoms with E-state index in [4.69, 9.17) is 19.3 Å². The van der Waals surface area contributed by atoms with Crippen LogP contribution in [0.3, 0.4) is 0 Å².